The fourth-order valence-electron chi connectivity index (χ4n) is 1.01. The molecule has 0 aliphatic heterocycles. The molecule has 1 aromatic heterocycles. The van der Waals surface area contributed by atoms with Crippen LogP contribution >= 0.6 is 0 Å². The second kappa shape index (κ2) is 10.1. The number of aromatic amines is 1. The van der Waals surface area contributed by atoms with Crippen LogP contribution in [0.25, 0.3) is 0 Å². The highest BCUT2D eigenvalue weighted by Crippen LogP contribution is 2.17. The fraction of sp³-hybridized carbons (Fsp3) is 0.286. The lowest BCUT2D eigenvalue weighted by Gasteiger charge is -2.02. The van der Waals surface area contributed by atoms with Crippen LogP contribution in [0.4, 0.5) is 0 Å². The van der Waals surface area contributed by atoms with Crippen LogP contribution in [0.2, 0.25) is 0 Å². The van der Waals surface area contributed by atoms with Crippen molar-refractivity contribution >= 4 is 0 Å². The molecule has 0 aliphatic carbocycles. The molecule has 1 N–H and O–H groups in total. The van der Waals surface area contributed by atoms with Crippen molar-refractivity contribution in [2.24, 2.45) is 0 Å². The summed E-state index contributed by atoms with van der Waals surface area (Å²) in [5.74, 6) is 1.22. The SMILES string of the molecule is CC.CC.O=c1ncc(Oc2ccccc2)c[nH]1. The number of rotatable bonds is 2. The van der Waals surface area contributed by atoms with Gasteiger partial charge in [-0.05, 0) is 12.1 Å². The summed E-state index contributed by atoms with van der Waals surface area (Å²) in [7, 11) is 0. The normalized spacial score (nSPS) is 8.22. The van der Waals surface area contributed by atoms with Gasteiger partial charge in [-0.25, -0.2) is 4.79 Å². The molecule has 98 valence electrons. The predicted octanol–water partition coefficient (Wildman–Crippen LogP) is 3.61. The zero-order chi connectivity index (χ0) is 13.8. The molecule has 0 saturated heterocycles. The smallest absolute Gasteiger partial charge is 0.345 e. The minimum Gasteiger partial charge on any atom is -0.454 e. The van der Waals surface area contributed by atoms with Crippen molar-refractivity contribution in [3.8, 4) is 11.5 Å². The number of H-pyrrole nitrogens is 1. The van der Waals surface area contributed by atoms with Gasteiger partial charge in [0.25, 0.3) is 0 Å². The van der Waals surface area contributed by atoms with E-state index in [-0.39, 0.29) is 5.69 Å². The first-order valence-corrected chi connectivity index (χ1v) is 6.12. The highest BCUT2D eigenvalue weighted by molar-refractivity contribution is 5.27. The van der Waals surface area contributed by atoms with Crippen molar-refractivity contribution < 1.29 is 4.74 Å². The van der Waals surface area contributed by atoms with Crippen molar-refractivity contribution in [1.82, 2.24) is 9.97 Å². The Hall–Kier alpha value is -2.10. The minimum atomic E-state index is -0.384. The van der Waals surface area contributed by atoms with Crippen molar-refractivity contribution in [1.29, 1.82) is 0 Å². The third-order valence-corrected chi connectivity index (χ3v) is 1.63. The maximum atomic E-state index is 10.7. The van der Waals surface area contributed by atoms with E-state index in [9.17, 15) is 4.79 Å². The maximum absolute atomic E-state index is 10.7. The number of para-hydroxylation sites is 1. The van der Waals surface area contributed by atoms with Gasteiger partial charge in [-0.1, -0.05) is 45.9 Å². The number of aromatic nitrogens is 2. The zero-order valence-electron chi connectivity index (χ0n) is 11.3. The summed E-state index contributed by atoms with van der Waals surface area (Å²) >= 11 is 0. The first kappa shape index (κ1) is 15.9. The average Bonchev–Trinajstić information content (AvgIpc) is 2.47. The zero-order valence-corrected chi connectivity index (χ0v) is 11.3. The van der Waals surface area contributed by atoms with E-state index in [0.29, 0.717) is 11.5 Å². The summed E-state index contributed by atoms with van der Waals surface area (Å²) in [5, 5.41) is 0. The summed E-state index contributed by atoms with van der Waals surface area (Å²) in [6, 6.07) is 9.29. The highest BCUT2D eigenvalue weighted by Gasteiger charge is 1.95. The van der Waals surface area contributed by atoms with E-state index in [4.69, 9.17) is 4.74 Å². The number of hydrogen-bond acceptors (Lipinski definition) is 3. The van der Waals surface area contributed by atoms with Gasteiger partial charge in [-0.15, -0.1) is 0 Å². The maximum Gasteiger partial charge on any atom is 0.345 e. The number of benzene rings is 1. The van der Waals surface area contributed by atoms with Gasteiger partial charge in [-0.2, -0.15) is 4.98 Å². The molecule has 4 nitrogen and oxygen atoms in total. The molecule has 2 aromatic rings. The third kappa shape index (κ3) is 5.84. The second-order valence-corrected chi connectivity index (χ2v) is 2.67. The number of nitrogens with zero attached hydrogens (tertiary/aromatic N) is 1. The standard InChI is InChI=1S/C10H8N2O2.2C2H6/c13-10-11-6-9(7-12-10)14-8-4-2-1-3-5-8;2*1-2/h1-7H,(H,11,12,13);2*1-2H3. The van der Waals surface area contributed by atoms with Gasteiger partial charge in [-0.3, -0.25) is 0 Å². The van der Waals surface area contributed by atoms with Crippen LogP contribution in [0.5, 0.6) is 11.5 Å². The van der Waals surface area contributed by atoms with Gasteiger partial charge >= 0.3 is 5.69 Å². The van der Waals surface area contributed by atoms with E-state index >= 15 is 0 Å². The molecule has 18 heavy (non-hydrogen) atoms. The Morgan fingerprint density at radius 3 is 2.11 bits per heavy atom. The van der Waals surface area contributed by atoms with Crippen molar-refractivity contribution in [3.63, 3.8) is 0 Å². The molecule has 0 unspecified atom stereocenters. The Labute approximate surface area is 108 Å². The molecule has 1 heterocycles. The third-order valence-electron chi connectivity index (χ3n) is 1.63. The molecule has 0 radical (unpaired) electrons. The van der Waals surface area contributed by atoms with Crippen LogP contribution in [-0.4, -0.2) is 9.97 Å². The van der Waals surface area contributed by atoms with Crippen LogP contribution in [0, 0.1) is 0 Å². The summed E-state index contributed by atoms with van der Waals surface area (Å²) in [4.78, 5) is 16.6. The number of ether oxygens (including phenoxy) is 1. The number of hydrogen-bond donors (Lipinski definition) is 1. The van der Waals surface area contributed by atoms with E-state index in [1.54, 1.807) is 0 Å². The molecule has 0 saturated carbocycles. The largest absolute Gasteiger partial charge is 0.454 e. The van der Waals surface area contributed by atoms with Gasteiger partial charge in [0.05, 0.1) is 12.4 Å². The lowest BCUT2D eigenvalue weighted by atomic mass is 10.3. The molecule has 0 amide bonds. The molecule has 0 spiro atoms. The predicted molar refractivity (Wildman–Crippen MR) is 74.1 cm³/mol. The van der Waals surface area contributed by atoms with E-state index in [1.807, 2.05) is 58.0 Å². The van der Waals surface area contributed by atoms with Gasteiger partial charge in [0.2, 0.25) is 0 Å². The molecule has 0 aliphatic rings. The Morgan fingerprint density at radius 1 is 1.00 bits per heavy atom. The summed E-state index contributed by atoms with van der Waals surface area (Å²) in [6.07, 6.45) is 2.86. The van der Waals surface area contributed by atoms with Crippen LogP contribution in [0.15, 0.2) is 47.5 Å². The van der Waals surface area contributed by atoms with E-state index < -0.39 is 0 Å². The molecular weight excluding hydrogens is 228 g/mol. The lowest BCUT2D eigenvalue weighted by molar-refractivity contribution is 0.476. The van der Waals surface area contributed by atoms with Crippen molar-refractivity contribution in [2.45, 2.75) is 27.7 Å². The molecule has 0 bridgehead atoms. The topological polar surface area (TPSA) is 55.0 Å². The summed E-state index contributed by atoms with van der Waals surface area (Å²) < 4.78 is 5.40. The van der Waals surface area contributed by atoms with Crippen molar-refractivity contribution in [3.05, 3.63) is 53.2 Å². The molecule has 0 atom stereocenters. The van der Waals surface area contributed by atoms with Gasteiger partial charge in [0.15, 0.2) is 5.75 Å². The van der Waals surface area contributed by atoms with Gasteiger partial charge < -0.3 is 9.72 Å². The van der Waals surface area contributed by atoms with Crippen LogP contribution in [0.3, 0.4) is 0 Å². The highest BCUT2D eigenvalue weighted by atomic mass is 16.5. The second-order valence-electron chi connectivity index (χ2n) is 2.67. The Bertz CT molecular complexity index is 446. The Kier molecular flexibility index (Phi) is 8.90. The fourth-order valence-corrected chi connectivity index (χ4v) is 1.01. The quantitative estimate of drug-likeness (QED) is 0.883. The molecule has 1 aromatic carbocycles. The van der Waals surface area contributed by atoms with Crippen LogP contribution in [0.1, 0.15) is 27.7 Å². The Balaban J connectivity index is 0.000000659. The molecule has 2 rings (SSSR count). The van der Waals surface area contributed by atoms with Crippen LogP contribution in [-0.2, 0) is 0 Å². The summed E-state index contributed by atoms with van der Waals surface area (Å²) in [5.41, 5.74) is -0.384. The summed E-state index contributed by atoms with van der Waals surface area (Å²) in [6.45, 7) is 8.00. The van der Waals surface area contributed by atoms with Gasteiger partial charge in [0, 0.05) is 0 Å². The monoisotopic (exact) mass is 248 g/mol. The van der Waals surface area contributed by atoms with E-state index in [2.05, 4.69) is 9.97 Å². The molecular formula is C14H20N2O2. The lowest BCUT2D eigenvalue weighted by Crippen LogP contribution is -2.07. The van der Waals surface area contributed by atoms with Crippen LogP contribution < -0.4 is 10.4 Å². The number of nitrogens with one attached hydrogen (secondary N) is 1. The Morgan fingerprint density at radius 2 is 1.61 bits per heavy atom. The molecule has 4 heteroatoms. The van der Waals surface area contributed by atoms with E-state index in [0.717, 1.165) is 0 Å². The van der Waals surface area contributed by atoms with Crippen molar-refractivity contribution in [2.75, 3.05) is 0 Å². The first-order valence-electron chi connectivity index (χ1n) is 6.12. The first-order chi connectivity index (χ1) is 8.84. The van der Waals surface area contributed by atoms with Gasteiger partial charge in [0.1, 0.15) is 5.75 Å². The van der Waals surface area contributed by atoms with E-state index in [1.165, 1.54) is 12.4 Å². The average molecular weight is 248 g/mol. The molecule has 0 fully saturated rings. The minimum absolute atomic E-state index is 0.384.